The van der Waals surface area contributed by atoms with Crippen molar-refractivity contribution in [3.8, 4) is 5.75 Å². The Bertz CT molecular complexity index is 680. The maximum atomic E-state index is 13.2. The molecule has 0 amide bonds. The van der Waals surface area contributed by atoms with E-state index in [1.165, 1.54) is 12.1 Å². The summed E-state index contributed by atoms with van der Waals surface area (Å²) < 4.78 is 50.9. The van der Waals surface area contributed by atoms with Crippen molar-refractivity contribution >= 4 is 0 Å². The van der Waals surface area contributed by atoms with Gasteiger partial charge in [-0.25, -0.2) is 0 Å². The largest absolute Gasteiger partial charge is 0.485 e. The molecule has 1 aliphatic rings. The summed E-state index contributed by atoms with van der Waals surface area (Å²) in [5, 5.41) is 0. The summed E-state index contributed by atoms with van der Waals surface area (Å²) in [5.74, 6) is 0.619. The average Bonchev–Trinajstić information content (AvgIpc) is 2.80. The average molecular weight is 352 g/mol. The van der Waals surface area contributed by atoms with Crippen LogP contribution in [0.1, 0.15) is 11.1 Å². The van der Waals surface area contributed by atoms with Crippen molar-refractivity contribution in [1.82, 2.24) is 9.88 Å². The highest BCUT2D eigenvalue weighted by molar-refractivity contribution is 5.29. The lowest BCUT2D eigenvalue weighted by atomic mass is 10.1. The van der Waals surface area contributed by atoms with Crippen LogP contribution in [0.5, 0.6) is 5.75 Å². The molecule has 1 aromatic carbocycles. The number of nitrogens with zero attached hydrogens (tertiary/aromatic N) is 2. The minimum Gasteiger partial charge on any atom is -0.485 e. The van der Waals surface area contributed by atoms with E-state index in [1.807, 2.05) is 4.90 Å². The molecule has 1 saturated heterocycles. The molecule has 0 radical (unpaired) electrons. The zero-order chi connectivity index (χ0) is 17.7. The second-order valence-corrected chi connectivity index (χ2v) is 5.89. The first-order valence-electron chi connectivity index (χ1n) is 8.04. The SMILES string of the molecule is FC(F)(F)c1ccccc1CN1CCOC[C@H](Oc2cccnc2)C1. The zero-order valence-electron chi connectivity index (χ0n) is 13.6. The van der Waals surface area contributed by atoms with E-state index < -0.39 is 11.7 Å². The van der Waals surface area contributed by atoms with Crippen molar-refractivity contribution in [3.63, 3.8) is 0 Å². The lowest BCUT2D eigenvalue weighted by molar-refractivity contribution is -0.138. The Morgan fingerprint density at radius 1 is 1.20 bits per heavy atom. The molecule has 0 N–H and O–H groups in total. The van der Waals surface area contributed by atoms with E-state index in [0.29, 0.717) is 32.1 Å². The van der Waals surface area contributed by atoms with Crippen LogP contribution in [0.15, 0.2) is 48.8 Å². The van der Waals surface area contributed by atoms with Gasteiger partial charge in [0.25, 0.3) is 0 Å². The maximum Gasteiger partial charge on any atom is 0.416 e. The number of ether oxygens (including phenoxy) is 2. The molecule has 0 bridgehead atoms. The first-order valence-corrected chi connectivity index (χ1v) is 8.04. The van der Waals surface area contributed by atoms with Crippen LogP contribution >= 0.6 is 0 Å². The predicted octanol–water partition coefficient (Wildman–Crippen LogP) is 3.38. The van der Waals surface area contributed by atoms with Crippen LogP contribution in [0.4, 0.5) is 13.2 Å². The van der Waals surface area contributed by atoms with E-state index in [2.05, 4.69) is 4.98 Å². The summed E-state index contributed by atoms with van der Waals surface area (Å²) in [4.78, 5) is 5.92. The second kappa shape index (κ2) is 7.84. The van der Waals surface area contributed by atoms with E-state index in [-0.39, 0.29) is 18.2 Å². The van der Waals surface area contributed by atoms with Crippen LogP contribution in [-0.4, -0.2) is 42.3 Å². The van der Waals surface area contributed by atoms with Gasteiger partial charge in [-0.1, -0.05) is 18.2 Å². The summed E-state index contributed by atoms with van der Waals surface area (Å²) in [6, 6.07) is 9.24. The molecule has 7 heteroatoms. The number of alkyl halides is 3. The molecule has 1 aliphatic heterocycles. The number of hydrogen-bond acceptors (Lipinski definition) is 4. The maximum absolute atomic E-state index is 13.2. The number of halogens is 3. The van der Waals surface area contributed by atoms with E-state index in [9.17, 15) is 13.2 Å². The van der Waals surface area contributed by atoms with Crippen LogP contribution in [0, 0.1) is 0 Å². The van der Waals surface area contributed by atoms with E-state index in [0.717, 1.165) is 6.07 Å². The van der Waals surface area contributed by atoms with Crippen molar-refractivity contribution in [3.05, 3.63) is 59.9 Å². The van der Waals surface area contributed by atoms with Gasteiger partial charge in [0, 0.05) is 25.8 Å². The highest BCUT2D eigenvalue weighted by Crippen LogP contribution is 2.32. The Morgan fingerprint density at radius 3 is 2.80 bits per heavy atom. The number of pyridine rings is 1. The molecule has 0 unspecified atom stereocenters. The number of benzene rings is 1. The van der Waals surface area contributed by atoms with Gasteiger partial charge in [0.05, 0.1) is 25.0 Å². The normalized spacial score (nSPS) is 19.4. The molecule has 1 fully saturated rings. The first kappa shape index (κ1) is 17.7. The minimum atomic E-state index is -4.36. The van der Waals surface area contributed by atoms with Crippen molar-refractivity contribution in [1.29, 1.82) is 0 Å². The fourth-order valence-electron chi connectivity index (χ4n) is 2.84. The third kappa shape index (κ3) is 4.93. The van der Waals surface area contributed by atoms with Crippen LogP contribution in [0.3, 0.4) is 0 Å². The number of aromatic nitrogens is 1. The molecule has 2 heterocycles. The van der Waals surface area contributed by atoms with Crippen molar-refractivity contribution in [2.75, 3.05) is 26.3 Å². The predicted molar refractivity (Wildman–Crippen MR) is 86.2 cm³/mol. The highest BCUT2D eigenvalue weighted by atomic mass is 19.4. The minimum absolute atomic E-state index is 0.200. The quantitative estimate of drug-likeness (QED) is 0.845. The fraction of sp³-hybridized carbons (Fsp3) is 0.389. The summed E-state index contributed by atoms with van der Waals surface area (Å²) in [6.07, 6.45) is -1.36. The van der Waals surface area contributed by atoms with E-state index in [1.54, 1.807) is 30.6 Å². The third-order valence-electron chi connectivity index (χ3n) is 3.97. The molecular formula is C18H19F3N2O2. The van der Waals surface area contributed by atoms with Crippen LogP contribution < -0.4 is 4.74 Å². The molecule has 1 aromatic heterocycles. The van der Waals surface area contributed by atoms with E-state index >= 15 is 0 Å². The summed E-state index contributed by atoms with van der Waals surface area (Å²) in [5.41, 5.74) is -0.332. The molecule has 25 heavy (non-hydrogen) atoms. The molecule has 0 spiro atoms. The highest BCUT2D eigenvalue weighted by Gasteiger charge is 2.33. The molecule has 3 rings (SSSR count). The number of rotatable bonds is 4. The Morgan fingerprint density at radius 2 is 2.04 bits per heavy atom. The van der Waals surface area contributed by atoms with Crippen LogP contribution in [0.25, 0.3) is 0 Å². The standard InChI is InChI=1S/C18H19F3N2O2/c19-18(20,21)17-6-2-1-4-14(17)11-23-8-9-24-13-16(12-23)25-15-5-3-7-22-10-15/h1-7,10,16H,8-9,11-13H2/t16-/m1/s1. The first-order chi connectivity index (χ1) is 12.0. The molecular weight excluding hydrogens is 333 g/mol. The smallest absolute Gasteiger partial charge is 0.416 e. The van der Waals surface area contributed by atoms with E-state index in [4.69, 9.17) is 9.47 Å². The van der Waals surface area contributed by atoms with Gasteiger partial charge in [-0.05, 0) is 23.8 Å². The molecule has 1 atom stereocenters. The van der Waals surface area contributed by atoms with Crippen molar-refractivity contribution in [2.24, 2.45) is 0 Å². The molecule has 4 nitrogen and oxygen atoms in total. The van der Waals surface area contributed by atoms with Crippen molar-refractivity contribution in [2.45, 2.75) is 18.8 Å². The third-order valence-corrected chi connectivity index (χ3v) is 3.97. The second-order valence-electron chi connectivity index (χ2n) is 5.89. The molecule has 2 aromatic rings. The van der Waals surface area contributed by atoms with Gasteiger partial charge in [0.2, 0.25) is 0 Å². The summed E-state index contributed by atoms with van der Waals surface area (Å²) in [7, 11) is 0. The van der Waals surface area contributed by atoms with Gasteiger partial charge in [0.1, 0.15) is 11.9 Å². The molecule has 0 aliphatic carbocycles. The van der Waals surface area contributed by atoms with Gasteiger partial charge in [-0.3, -0.25) is 9.88 Å². The van der Waals surface area contributed by atoms with Gasteiger partial charge >= 0.3 is 6.18 Å². The Labute approximate surface area is 144 Å². The molecule has 134 valence electrons. The van der Waals surface area contributed by atoms with Crippen LogP contribution in [-0.2, 0) is 17.5 Å². The Balaban J connectivity index is 1.70. The Kier molecular flexibility index (Phi) is 5.55. The lowest BCUT2D eigenvalue weighted by Gasteiger charge is -2.25. The Hall–Kier alpha value is -2.12. The van der Waals surface area contributed by atoms with Gasteiger partial charge in [-0.2, -0.15) is 13.2 Å². The topological polar surface area (TPSA) is 34.6 Å². The van der Waals surface area contributed by atoms with Gasteiger partial charge in [-0.15, -0.1) is 0 Å². The molecule has 0 saturated carbocycles. The fourth-order valence-corrected chi connectivity index (χ4v) is 2.84. The van der Waals surface area contributed by atoms with Crippen LogP contribution in [0.2, 0.25) is 0 Å². The van der Waals surface area contributed by atoms with Crippen molar-refractivity contribution < 1.29 is 22.6 Å². The monoisotopic (exact) mass is 352 g/mol. The van der Waals surface area contributed by atoms with Gasteiger partial charge < -0.3 is 9.47 Å². The summed E-state index contributed by atoms with van der Waals surface area (Å²) in [6.45, 7) is 2.10. The number of hydrogen-bond donors (Lipinski definition) is 0. The lowest BCUT2D eigenvalue weighted by Crippen LogP contribution is -2.36. The summed E-state index contributed by atoms with van der Waals surface area (Å²) >= 11 is 0. The van der Waals surface area contributed by atoms with Gasteiger partial charge in [0.15, 0.2) is 0 Å². The zero-order valence-corrected chi connectivity index (χ0v) is 13.6.